The van der Waals surface area contributed by atoms with Crippen molar-refractivity contribution < 1.29 is 19.4 Å². The topological polar surface area (TPSA) is 79.6 Å². The third kappa shape index (κ3) is 3.33. The Kier molecular flexibility index (Phi) is 4.16. The van der Waals surface area contributed by atoms with E-state index in [1.165, 1.54) is 6.26 Å². The lowest BCUT2D eigenvalue weighted by Gasteiger charge is -2.20. The minimum absolute atomic E-state index is 0.121. The minimum Gasteiger partial charge on any atom is -0.491 e. The number of aliphatic hydroxyl groups is 1. The summed E-state index contributed by atoms with van der Waals surface area (Å²) in [7, 11) is 0. The van der Waals surface area contributed by atoms with Gasteiger partial charge in [0.2, 0.25) is 5.78 Å². The SMILES string of the molecule is N#Cc1ccc(COC2=COC(CO)CC2=O)cc1. The quantitative estimate of drug-likeness (QED) is 0.880. The van der Waals surface area contributed by atoms with E-state index in [-0.39, 0.29) is 31.2 Å². The molecule has 1 unspecified atom stereocenters. The van der Waals surface area contributed by atoms with E-state index in [2.05, 4.69) is 0 Å². The number of carbonyl (C=O) groups excluding carboxylic acids is 1. The van der Waals surface area contributed by atoms with E-state index in [0.717, 1.165) is 5.56 Å². The summed E-state index contributed by atoms with van der Waals surface area (Å²) in [6.07, 6.45) is 0.890. The third-order valence-electron chi connectivity index (χ3n) is 2.74. The van der Waals surface area contributed by atoms with Gasteiger partial charge in [0.1, 0.15) is 19.0 Å². The number of ketones is 1. The van der Waals surface area contributed by atoms with Crippen LogP contribution in [0.2, 0.25) is 0 Å². The van der Waals surface area contributed by atoms with Crippen molar-refractivity contribution in [3.63, 3.8) is 0 Å². The highest BCUT2D eigenvalue weighted by atomic mass is 16.5. The van der Waals surface area contributed by atoms with Crippen molar-refractivity contribution in [2.75, 3.05) is 6.61 Å². The van der Waals surface area contributed by atoms with Crippen molar-refractivity contribution >= 4 is 5.78 Å². The Balaban J connectivity index is 1.93. The van der Waals surface area contributed by atoms with E-state index in [0.29, 0.717) is 5.56 Å². The first-order chi connectivity index (χ1) is 9.22. The molecule has 0 amide bonds. The average Bonchev–Trinajstić information content (AvgIpc) is 2.46. The molecule has 19 heavy (non-hydrogen) atoms. The Bertz CT molecular complexity index is 527. The molecule has 1 aromatic carbocycles. The minimum atomic E-state index is -0.477. The predicted octanol–water partition coefficient (Wildman–Crippen LogP) is 1.27. The smallest absolute Gasteiger partial charge is 0.204 e. The first-order valence-corrected chi connectivity index (χ1v) is 5.84. The summed E-state index contributed by atoms with van der Waals surface area (Å²) < 4.78 is 10.5. The first kappa shape index (κ1) is 13.1. The molecule has 2 rings (SSSR count). The van der Waals surface area contributed by atoms with Crippen LogP contribution >= 0.6 is 0 Å². The molecule has 1 aromatic rings. The van der Waals surface area contributed by atoms with E-state index >= 15 is 0 Å². The second-order valence-corrected chi connectivity index (χ2v) is 4.15. The molecule has 1 heterocycles. The van der Waals surface area contributed by atoms with Gasteiger partial charge in [0.25, 0.3) is 0 Å². The Morgan fingerprint density at radius 2 is 2.16 bits per heavy atom. The van der Waals surface area contributed by atoms with Crippen molar-refractivity contribution in [1.29, 1.82) is 5.26 Å². The number of rotatable bonds is 4. The molecule has 0 bridgehead atoms. The van der Waals surface area contributed by atoms with Crippen molar-refractivity contribution in [2.24, 2.45) is 0 Å². The molecule has 98 valence electrons. The van der Waals surface area contributed by atoms with Gasteiger partial charge in [-0.05, 0) is 17.7 Å². The summed E-state index contributed by atoms with van der Waals surface area (Å²) in [5.74, 6) is -0.0204. The van der Waals surface area contributed by atoms with Gasteiger partial charge in [0.05, 0.1) is 24.7 Å². The van der Waals surface area contributed by atoms with Gasteiger partial charge in [0, 0.05) is 0 Å². The second-order valence-electron chi connectivity index (χ2n) is 4.15. The maximum absolute atomic E-state index is 11.7. The standard InChI is InChI=1S/C14H13NO4/c15-6-10-1-3-11(4-2-10)8-19-14-9-18-12(7-16)5-13(14)17/h1-4,9,12,16H,5,7-8H2. The summed E-state index contributed by atoms with van der Waals surface area (Å²) in [4.78, 5) is 11.7. The van der Waals surface area contributed by atoms with Gasteiger partial charge in [-0.2, -0.15) is 5.26 Å². The Morgan fingerprint density at radius 1 is 1.42 bits per heavy atom. The van der Waals surface area contributed by atoms with Crippen LogP contribution in [0.3, 0.4) is 0 Å². The van der Waals surface area contributed by atoms with Crippen LogP contribution in [0.15, 0.2) is 36.3 Å². The monoisotopic (exact) mass is 259 g/mol. The van der Waals surface area contributed by atoms with Crippen molar-refractivity contribution in [3.8, 4) is 6.07 Å². The second kappa shape index (κ2) is 6.03. The molecule has 1 aliphatic heterocycles. The highest BCUT2D eigenvalue weighted by Gasteiger charge is 2.23. The van der Waals surface area contributed by atoms with Crippen LogP contribution in [0.1, 0.15) is 17.5 Å². The van der Waals surface area contributed by atoms with E-state index in [4.69, 9.17) is 19.8 Å². The summed E-state index contributed by atoms with van der Waals surface area (Å²) in [5.41, 5.74) is 1.43. The Hall–Kier alpha value is -2.32. The summed E-state index contributed by atoms with van der Waals surface area (Å²) in [5, 5.41) is 17.6. The van der Waals surface area contributed by atoms with E-state index in [9.17, 15) is 4.79 Å². The number of carbonyl (C=O) groups is 1. The number of nitriles is 1. The van der Waals surface area contributed by atoms with Crippen LogP contribution < -0.4 is 0 Å². The molecular weight excluding hydrogens is 246 g/mol. The fourth-order valence-electron chi connectivity index (χ4n) is 1.64. The molecule has 0 aromatic heterocycles. The molecule has 1 atom stereocenters. The maximum Gasteiger partial charge on any atom is 0.204 e. The summed E-state index contributed by atoms with van der Waals surface area (Å²) in [6.45, 7) is 0.0432. The zero-order chi connectivity index (χ0) is 13.7. The van der Waals surface area contributed by atoms with E-state index in [1.54, 1.807) is 24.3 Å². The summed E-state index contributed by atoms with van der Waals surface area (Å²) in [6, 6.07) is 8.94. The molecule has 1 aliphatic rings. The number of benzene rings is 1. The molecule has 0 aliphatic carbocycles. The number of aliphatic hydroxyl groups excluding tert-OH is 1. The van der Waals surface area contributed by atoms with E-state index < -0.39 is 6.10 Å². The molecule has 1 N–H and O–H groups in total. The predicted molar refractivity (Wildman–Crippen MR) is 65.6 cm³/mol. The number of hydrogen-bond donors (Lipinski definition) is 1. The highest BCUT2D eigenvalue weighted by Crippen LogP contribution is 2.16. The fourth-order valence-corrected chi connectivity index (χ4v) is 1.64. The van der Waals surface area contributed by atoms with Crippen LogP contribution in [0.25, 0.3) is 0 Å². The lowest BCUT2D eigenvalue weighted by Crippen LogP contribution is -2.26. The first-order valence-electron chi connectivity index (χ1n) is 5.84. The van der Waals surface area contributed by atoms with Gasteiger partial charge in [0.15, 0.2) is 5.76 Å². The molecule has 0 radical (unpaired) electrons. The highest BCUT2D eigenvalue weighted by molar-refractivity contribution is 5.94. The Labute approximate surface area is 110 Å². The average molecular weight is 259 g/mol. The molecule has 5 nitrogen and oxygen atoms in total. The van der Waals surface area contributed by atoms with Gasteiger partial charge in [-0.1, -0.05) is 12.1 Å². The number of ether oxygens (including phenoxy) is 2. The van der Waals surface area contributed by atoms with Crippen molar-refractivity contribution in [2.45, 2.75) is 19.1 Å². The molecule has 5 heteroatoms. The van der Waals surface area contributed by atoms with Gasteiger partial charge in [-0.25, -0.2) is 0 Å². The summed E-state index contributed by atoms with van der Waals surface area (Å²) >= 11 is 0. The number of nitrogens with zero attached hydrogens (tertiary/aromatic N) is 1. The molecule has 0 spiro atoms. The van der Waals surface area contributed by atoms with Crippen LogP contribution in [0.5, 0.6) is 0 Å². The van der Waals surface area contributed by atoms with Crippen LogP contribution in [0.4, 0.5) is 0 Å². The van der Waals surface area contributed by atoms with Gasteiger partial charge < -0.3 is 14.6 Å². The largest absolute Gasteiger partial charge is 0.491 e. The van der Waals surface area contributed by atoms with Gasteiger partial charge in [-0.3, -0.25) is 4.79 Å². The van der Waals surface area contributed by atoms with Crippen molar-refractivity contribution in [3.05, 3.63) is 47.4 Å². The lowest BCUT2D eigenvalue weighted by molar-refractivity contribution is -0.124. The van der Waals surface area contributed by atoms with Crippen LogP contribution in [0, 0.1) is 11.3 Å². The maximum atomic E-state index is 11.7. The third-order valence-corrected chi connectivity index (χ3v) is 2.74. The number of hydrogen-bond acceptors (Lipinski definition) is 5. The zero-order valence-corrected chi connectivity index (χ0v) is 10.2. The molecule has 0 saturated carbocycles. The molecule has 0 fully saturated rings. The zero-order valence-electron chi connectivity index (χ0n) is 10.2. The molecular formula is C14H13NO4. The normalized spacial score (nSPS) is 18.2. The van der Waals surface area contributed by atoms with E-state index in [1.807, 2.05) is 6.07 Å². The number of Topliss-reactive ketones (excluding diaryl/α,β-unsaturated/α-hetero) is 1. The van der Waals surface area contributed by atoms with Crippen LogP contribution in [-0.4, -0.2) is 23.6 Å². The fraction of sp³-hybridized carbons (Fsp3) is 0.286. The van der Waals surface area contributed by atoms with Crippen LogP contribution in [-0.2, 0) is 20.9 Å². The number of allylic oxidation sites excluding steroid dienone is 1. The lowest BCUT2D eigenvalue weighted by atomic mass is 10.1. The Morgan fingerprint density at radius 3 is 2.74 bits per heavy atom. The van der Waals surface area contributed by atoms with Crippen molar-refractivity contribution in [1.82, 2.24) is 0 Å². The molecule has 0 saturated heterocycles. The van der Waals surface area contributed by atoms with Gasteiger partial charge >= 0.3 is 0 Å². The van der Waals surface area contributed by atoms with Gasteiger partial charge in [-0.15, -0.1) is 0 Å².